The van der Waals surface area contributed by atoms with Crippen LogP contribution in [0.2, 0.25) is 0 Å². The summed E-state index contributed by atoms with van der Waals surface area (Å²) in [6, 6.07) is 12.1. The van der Waals surface area contributed by atoms with Crippen molar-refractivity contribution < 1.29 is 22.7 Å². The highest BCUT2D eigenvalue weighted by molar-refractivity contribution is 5.89. The van der Waals surface area contributed by atoms with Crippen LogP contribution in [-0.2, 0) is 11.3 Å². The molecule has 0 N–H and O–H groups in total. The Hall–Kier alpha value is -3.09. The van der Waals surface area contributed by atoms with E-state index in [9.17, 15) is 13.6 Å². The third-order valence-corrected chi connectivity index (χ3v) is 2.98. The van der Waals surface area contributed by atoms with E-state index >= 15 is 0 Å². The number of carbonyl (C=O) groups is 1. The van der Waals surface area contributed by atoms with Gasteiger partial charge in [-0.3, -0.25) is 0 Å². The Kier molecular flexibility index (Phi) is 4.09. The second kappa shape index (κ2) is 6.35. The molecule has 0 aliphatic heterocycles. The molecule has 2 aromatic carbocycles. The number of carbonyl (C=O) groups excluding carboxylic acids is 1. The first-order chi connectivity index (χ1) is 11.1. The second-order valence-electron chi connectivity index (χ2n) is 4.54. The highest BCUT2D eigenvalue weighted by Crippen LogP contribution is 2.18. The number of nitrogens with zero attached hydrogens (tertiary/aromatic N) is 2. The standard InChI is InChI=1S/C16H10F2N2O3/c17-11-7-4-8-12(18)14(11)16(21)22-9-13-19-20-15(23-13)10-5-2-1-3-6-10/h1-8H,9H2. The fourth-order valence-corrected chi connectivity index (χ4v) is 1.90. The van der Waals surface area contributed by atoms with Crippen LogP contribution in [0.3, 0.4) is 0 Å². The zero-order chi connectivity index (χ0) is 16.2. The van der Waals surface area contributed by atoms with Crippen LogP contribution in [-0.4, -0.2) is 16.2 Å². The summed E-state index contributed by atoms with van der Waals surface area (Å²) >= 11 is 0. The van der Waals surface area contributed by atoms with Crippen LogP contribution < -0.4 is 0 Å². The minimum Gasteiger partial charge on any atom is -0.452 e. The molecule has 0 unspecified atom stereocenters. The summed E-state index contributed by atoms with van der Waals surface area (Å²) in [5, 5.41) is 7.54. The molecule has 0 radical (unpaired) electrons. The Bertz CT molecular complexity index is 814. The number of halogens is 2. The van der Waals surface area contributed by atoms with Gasteiger partial charge in [0.1, 0.15) is 17.2 Å². The van der Waals surface area contributed by atoms with E-state index in [1.165, 1.54) is 0 Å². The van der Waals surface area contributed by atoms with Crippen molar-refractivity contribution in [3.05, 3.63) is 71.6 Å². The van der Waals surface area contributed by atoms with Crippen LogP contribution >= 0.6 is 0 Å². The van der Waals surface area contributed by atoms with E-state index in [1.54, 1.807) is 24.3 Å². The van der Waals surface area contributed by atoms with Gasteiger partial charge in [-0.2, -0.15) is 0 Å². The highest BCUT2D eigenvalue weighted by Gasteiger charge is 2.19. The van der Waals surface area contributed by atoms with Gasteiger partial charge in [0.2, 0.25) is 5.89 Å². The summed E-state index contributed by atoms with van der Waals surface area (Å²) < 4.78 is 37.1. The summed E-state index contributed by atoms with van der Waals surface area (Å²) in [4.78, 5) is 11.7. The normalized spacial score (nSPS) is 10.5. The van der Waals surface area contributed by atoms with Crippen molar-refractivity contribution in [3.8, 4) is 11.5 Å². The maximum Gasteiger partial charge on any atom is 0.344 e. The summed E-state index contributed by atoms with van der Waals surface area (Å²) in [5.41, 5.74) is -0.0481. The summed E-state index contributed by atoms with van der Waals surface area (Å²) in [7, 11) is 0. The van der Waals surface area contributed by atoms with Crippen molar-refractivity contribution >= 4 is 5.97 Å². The van der Waals surface area contributed by atoms with E-state index in [-0.39, 0.29) is 18.4 Å². The number of rotatable bonds is 4. The average molecular weight is 316 g/mol. The molecule has 0 fully saturated rings. The summed E-state index contributed by atoms with van der Waals surface area (Å²) in [5.74, 6) is -2.85. The zero-order valence-corrected chi connectivity index (χ0v) is 11.7. The molecular weight excluding hydrogens is 306 g/mol. The molecular formula is C16H10F2N2O3. The lowest BCUT2D eigenvalue weighted by atomic mass is 10.2. The van der Waals surface area contributed by atoms with Gasteiger partial charge in [-0.15, -0.1) is 10.2 Å². The molecule has 23 heavy (non-hydrogen) atoms. The maximum absolute atomic E-state index is 13.5. The lowest BCUT2D eigenvalue weighted by molar-refractivity contribution is 0.0427. The molecule has 0 saturated heterocycles. The molecule has 1 heterocycles. The fraction of sp³-hybridized carbons (Fsp3) is 0.0625. The molecule has 1 aromatic heterocycles. The molecule has 5 nitrogen and oxygen atoms in total. The molecule has 3 rings (SSSR count). The van der Waals surface area contributed by atoms with Crippen LogP contribution in [0.5, 0.6) is 0 Å². The molecule has 0 spiro atoms. The Morgan fingerprint density at radius 3 is 2.39 bits per heavy atom. The molecule has 0 aliphatic carbocycles. The predicted octanol–water partition coefficient (Wildman–Crippen LogP) is 3.37. The first-order valence-electron chi connectivity index (χ1n) is 6.64. The van der Waals surface area contributed by atoms with E-state index in [4.69, 9.17) is 9.15 Å². The Morgan fingerprint density at radius 1 is 1.00 bits per heavy atom. The molecule has 0 bridgehead atoms. The van der Waals surface area contributed by atoms with E-state index in [0.29, 0.717) is 5.56 Å². The molecule has 0 aliphatic rings. The number of benzene rings is 2. The molecule has 116 valence electrons. The first-order valence-corrected chi connectivity index (χ1v) is 6.64. The predicted molar refractivity (Wildman–Crippen MR) is 75.2 cm³/mol. The number of ether oxygens (including phenoxy) is 1. The van der Waals surface area contributed by atoms with Gasteiger partial charge in [-0.25, -0.2) is 13.6 Å². The van der Waals surface area contributed by atoms with Gasteiger partial charge in [-0.1, -0.05) is 24.3 Å². The van der Waals surface area contributed by atoms with Gasteiger partial charge in [0.25, 0.3) is 5.89 Å². The van der Waals surface area contributed by atoms with E-state index in [2.05, 4.69) is 10.2 Å². The minimum atomic E-state index is -1.14. The van der Waals surface area contributed by atoms with Crippen molar-refractivity contribution in [1.29, 1.82) is 0 Å². The quantitative estimate of drug-likeness (QED) is 0.690. The van der Waals surface area contributed by atoms with Crippen LogP contribution in [0.25, 0.3) is 11.5 Å². The maximum atomic E-state index is 13.5. The van der Waals surface area contributed by atoms with Crippen molar-refractivity contribution in [2.24, 2.45) is 0 Å². The SMILES string of the molecule is O=C(OCc1nnc(-c2ccccc2)o1)c1c(F)cccc1F. The summed E-state index contributed by atoms with van der Waals surface area (Å²) in [6.07, 6.45) is 0. The lowest BCUT2D eigenvalue weighted by Crippen LogP contribution is -2.10. The number of hydrogen-bond donors (Lipinski definition) is 0. The number of esters is 1. The van der Waals surface area contributed by atoms with Crippen molar-refractivity contribution in [1.82, 2.24) is 10.2 Å². The topological polar surface area (TPSA) is 65.2 Å². The van der Waals surface area contributed by atoms with Crippen molar-refractivity contribution in [3.63, 3.8) is 0 Å². The number of hydrogen-bond acceptors (Lipinski definition) is 5. The summed E-state index contributed by atoms with van der Waals surface area (Å²) in [6.45, 7) is -0.382. The van der Waals surface area contributed by atoms with Crippen LogP contribution in [0, 0.1) is 11.6 Å². The van der Waals surface area contributed by atoms with Gasteiger partial charge in [0.15, 0.2) is 6.61 Å². The van der Waals surface area contributed by atoms with Gasteiger partial charge >= 0.3 is 5.97 Å². The molecule has 3 aromatic rings. The minimum absolute atomic E-state index is 0.0222. The van der Waals surface area contributed by atoms with Crippen LogP contribution in [0.15, 0.2) is 52.9 Å². The second-order valence-corrected chi connectivity index (χ2v) is 4.54. The average Bonchev–Trinajstić information content (AvgIpc) is 3.02. The smallest absolute Gasteiger partial charge is 0.344 e. The first kappa shape index (κ1) is 14.8. The van der Waals surface area contributed by atoms with E-state index in [1.807, 2.05) is 6.07 Å². The van der Waals surface area contributed by atoms with Gasteiger partial charge in [0, 0.05) is 5.56 Å². The largest absolute Gasteiger partial charge is 0.452 e. The van der Waals surface area contributed by atoms with Gasteiger partial charge in [-0.05, 0) is 24.3 Å². The van der Waals surface area contributed by atoms with E-state index in [0.717, 1.165) is 18.2 Å². The fourth-order valence-electron chi connectivity index (χ4n) is 1.90. The zero-order valence-electron chi connectivity index (χ0n) is 11.7. The number of aromatic nitrogens is 2. The Labute approximate surface area is 129 Å². The van der Waals surface area contributed by atoms with Crippen molar-refractivity contribution in [2.45, 2.75) is 6.61 Å². The Balaban J connectivity index is 1.70. The molecule has 7 heteroatoms. The van der Waals surface area contributed by atoms with Crippen LogP contribution in [0.1, 0.15) is 16.2 Å². The van der Waals surface area contributed by atoms with Gasteiger partial charge in [0.05, 0.1) is 0 Å². The monoisotopic (exact) mass is 316 g/mol. The van der Waals surface area contributed by atoms with Gasteiger partial charge < -0.3 is 9.15 Å². The van der Waals surface area contributed by atoms with Crippen molar-refractivity contribution in [2.75, 3.05) is 0 Å². The molecule has 0 atom stereocenters. The van der Waals surface area contributed by atoms with E-state index < -0.39 is 23.2 Å². The third kappa shape index (κ3) is 3.23. The third-order valence-electron chi connectivity index (χ3n) is 2.98. The molecule has 0 saturated carbocycles. The highest BCUT2D eigenvalue weighted by atomic mass is 19.1. The Morgan fingerprint density at radius 2 is 1.70 bits per heavy atom. The van der Waals surface area contributed by atoms with Crippen LogP contribution in [0.4, 0.5) is 8.78 Å². The molecule has 0 amide bonds. The lowest BCUT2D eigenvalue weighted by Gasteiger charge is -2.04.